The smallest absolute Gasteiger partial charge is 0.267 e. The van der Waals surface area contributed by atoms with Crippen LogP contribution in [0.5, 0.6) is 0 Å². The Morgan fingerprint density at radius 1 is 1.14 bits per heavy atom. The molecule has 0 atom stereocenters. The third-order valence-electron chi connectivity index (χ3n) is 7.24. The highest BCUT2D eigenvalue weighted by molar-refractivity contribution is 6.02. The number of primary amides is 1. The summed E-state index contributed by atoms with van der Waals surface area (Å²) in [6, 6.07) is 15.3. The van der Waals surface area contributed by atoms with Crippen LogP contribution in [0, 0.1) is 17.8 Å². The fourth-order valence-electron chi connectivity index (χ4n) is 5.02. The largest absolute Gasteiger partial charge is 0.381 e. The van der Waals surface area contributed by atoms with Crippen molar-refractivity contribution < 1.29 is 9.59 Å². The van der Waals surface area contributed by atoms with Crippen molar-refractivity contribution in [1.29, 1.82) is 0 Å². The number of aliphatic imine (C=N–C) groups is 1. The molecule has 1 fully saturated rings. The maximum absolute atomic E-state index is 13.5. The molecule has 0 aliphatic carbocycles. The van der Waals surface area contributed by atoms with E-state index in [-0.39, 0.29) is 28.8 Å². The van der Waals surface area contributed by atoms with Gasteiger partial charge < -0.3 is 16.4 Å². The van der Waals surface area contributed by atoms with E-state index in [1.807, 2.05) is 60.4 Å². The SMILES string of the molecule is C=C/C=N\c1c(C(N)=O)c(N)nn1C.CCc1nc2cccc(C#CC3CCN(C(C)=O)CC3)c2c(=O)n1-c1ccccc1. The summed E-state index contributed by atoms with van der Waals surface area (Å²) in [7, 11) is 1.62. The number of nitrogens with zero attached hydrogens (tertiary/aromatic N) is 6. The quantitative estimate of drug-likeness (QED) is 0.267. The minimum absolute atomic E-state index is 0.0798. The van der Waals surface area contributed by atoms with Gasteiger partial charge in [0, 0.05) is 51.2 Å². The van der Waals surface area contributed by atoms with Gasteiger partial charge in [0.15, 0.2) is 11.6 Å². The summed E-state index contributed by atoms with van der Waals surface area (Å²) in [4.78, 5) is 46.6. The predicted octanol–water partition coefficient (Wildman–Crippen LogP) is 3.55. The van der Waals surface area contributed by atoms with Gasteiger partial charge in [0.2, 0.25) is 5.91 Å². The number of nitrogens with two attached hydrogens (primary N) is 2. The maximum atomic E-state index is 13.5. The summed E-state index contributed by atoms with van der Waals surface area (Å²) >= 11 is 0. The van der Waals surface area contributed by atoms with Crippen LogP contribution in [-0.4, -0.2) is 55.3 Å². The van der Waals surface area contributed by atoms with Gasteiger partial charge >= 0.3 is 0 Å². The predicted molar refractivity (Wildman–Crippen MR) is 173 cm³/mol. The average Bonchev–Trinajstić information content (AvgIpc) is 3.31. The van der Waals surface area contributed by atoms with Crippen LogP contribution in [0.3, 0.4) is 0 Å². The first kappa shape index (κ1) is 31.4. The molecule has 5 rings (SSSR count). The number of para-hydroxylation sites is 1. The Labute approximate surface area is 255 Å². The van der Waals surface area contributed by atoms with E-state index in [0.717, 1.165) is 37.4 Å². The Bertz CT molecular complexity index is 1840. The lowest BCUT2D eigenvalue weighted by atomic mass is 9.96. The monoisotopic (exact) mass is 592 g/mol. The second kappa shape index (κ2) is 14.1. The van der Waals surface area contributed by atoms with Gasteiger partial charge in [-0.1, -0.05) is 55.7 Å². The number of amides is 2. The van der Waals surface area contributed by atoms with E-state index in [1.165, 1.54) is 17.0 Å². The zero-order valence-corrected chi connectivity index (χ0v) is 25.2. The van der Waals surface area contributed by atoms with E-state index < -0.39 is 5.91 Å². The summed E-state index contributed by atoms with van der Waals surface area (Å²) in [5.74, 6) is 7.44. The van der Waals surface area contributed by atoms with Gasteiger partial charge in [0.05, 0.1) is 16.6 Å². The van der Waals surface area contributed by atoms with Crippen molar-refractivity contribution in [3.63, 3.8) is 0 Å². The number of hydrogen-bond donors (Lipinski definition) is 2. The van der Waals surface area contributed by atoms with Crippen LogP contribution < -0.4 is 17.0 Å². The molecule has 0 saturated carbocycles. The molecule has 0 unspecified atom stereocenters. The van der Waals surface area contributed by atoms with Crippen molar-refractivity contribution in [1.82, 2.24) is 24.2 Å². The first-order valence-electron chi connectivity index (χ1n) is 14.3. The van der Waals surface area contributed by atoms with Crippen LogP contribution in [0.2, 0.25) is 0 Å². The number of rotatable bonds is 5. The number of allylic oxidation sites excluding steroid dienone is 1. The van der Waals surface area contributed by atoms with Gasteiger partial charge in [0.1, 0.15) is 11.4 Å². The summed E-state index contributed by atoms with van der Waals surface area (Å²) in [5.41, 5.74) is 12.9. The Hall–Kier alpha value is -5.50. The molecule has 2 aromatic heterocycles. The lowest BCUT2D eigenvalue weighted by Gasteiger charge is -2.28. The first-order valence-corrected chi connectivity index (χ1v) is 14.3. The van der Waals surface area contributed by atoms with E-state index in [0.29, 0.717) is 28.7 Å². The molecule has 1 saturated heterocycles. The molecule has 4 aromatic rings. The Balaban J connectivity index is 0.000000265. The van der Waals surface area contributed by atoms with E-state index in [4.69, 9.17) is 16.5 Å². The summed E-state index contributed by atoms with van der Waals surface area (Å²) < 4.78 is 3.08. The molecular formula is C33H36N8O3. The number of benzene rings is 2. The number of fused-ring (bicyclic) bond motifs is 1. The van der Waals surface area contributed by atoms with Crippen LogP contribution in [-0.2, 0) is 18.3 Å². The van der Waals surface area contributed by atoms with Crippen LogP contribution in [0.15, 0.2) is 71.0 Å². The number of piperidine rings is 1. The van der Waals surface area contributed by atoms with Crippen LogP contribution in [0.25, 0.3) is 16.6 Å². The minimum Gasteiger partial charge on any atom is -0.381 e. The highest BCUT2D eigenvalue weighted by Gasteiger charge is 2.20. The van der Waals surface area contributed by atoms with Crippen molar-refractivity contribution in [3.8, 4) is 17.5 Å². The van der Waals surface area contributed by atoms with Gasteiger partial charge in [-0.15, -0.1) is 0 Å². The third kappa shape index (κ3) is 6.93. The van der Waals surface area contributed by atoms with Crippen molar-refractivity contribution in [2.45, 2.75) is 33.1 Å². The Kier molecular flexibility index (Phi) is 10.1. The van der Waals surface area contributed by atoms with E-state index in [2.05, 4.69) is 28.5 Å². The van der Waals surface area contributed by atoms with Gasteiger partial charge in [-0.3, -0.25) is 19.0 Å². The molecule has 11 nitrogen and oxygen atoms in total. The first-order chi connectivity index (χ1) is 21.2. The number of nitrogen functional groups attached to an aromatic ring is 1. The highest BCUT2D eigenvalue weighted by atomic mass is 16.2. The van der Waals surface area contributed by atoms with Gasteiger partial charge in [-0.25, -0.2) is 14.7 Å². The lowest BCUT2D eigenvalue weighted by molar-refractivity contribution is -0.129. The fraction of sp³-hybridized carbons (Fsp3) is 0.273. The van der Waals surface area contributed by atoms with Gasteiger partial charge in [0.25, 0.3) is 11.5 Å². The van der Waals surface area contributed by atoms with E-state index in [1.54, 1.807) is 18.5 Å². The molecule has 1 aliphatic rings. The molecule has 0 bridgehead atoms. The van der Waals surface area contributed by atoms with Gasteiger partial charge in [-0.05, 0) is 37.1 Å². The number of aromatic nitrogens is 4. The number of carbonyl (C=O) groups is 2. The summed E-state index contributed by atoms with van der Waals surface area (Å²) in [6.07, 6.45) is 5.30. The zero-order chi connectivity index (χ0) is 31.8. The number of carbonyl (C=O) groups excluding carboxylic acids is 2. The molecule has 1 aliphatic heterocycles. The minimum atomic E-state index is -0.646. The normalized spacial score (nSPS) is 13.2. The highest BCUT2D eigenvalue weighted by Crippen LogP contribution is 2.23. The molecule has 0 radical (unpaired) electrons. The van der Waals surface area contributed by atoms with Crippen molar-refractivity contribution >= 4 is 40.6 Å². The van der Waals surface area contributed by atoms with Crippen molar-refractivity contribution in [3.05, 3.63) is 88.5 Å². The maximum Gasteiger partial charge on any atom is 0.267 e. The standard InChI is InChI=1S/C25H25N3O2.C8H11N5O/c1-3-23-26-22-11-7-8-20(13-12-19-14-16-27(17-15-19)18(2)29)24(22)25(30)28(23)21-9-5-4-6-10-21;1-3-4-11-8-5(7(10)14)6(9)12-13(8)2/h4-11,19H,3,14-17H2,1-2H3;3-4H,1H2,2H3,(H2,9,12)(H2,10,14)/b;11-4-. The van der Waals surface area contributed by atoms with Crippen LogP contribution in [0.1, 0.15) is 48.4 Å². The molecule has 0 spiro atoms. The van der Waals surface area contributed by atoms with Crippen LogP contribution >= 0.6 is 0 Å². The van der Waals surface area contributed by atoms with Crippen molar-refractivity contribution in [2.24, 2.45) is 23.7 Å². The zero-order valence-electron chi connectivity index (χ0n) is 25.2. The number of likely N-dealkylation sites (tertiary alicyclic amines) is 1. The van der Waals surface area contributed by atoms with Crippen LogP contribution in [0.4, 0.5) is 11.6 Å². The second-order valence-corrected chi connectivity index (χ2v) is 10.2. The van der Waals surface area contributed by atoms with E-state index >= 15 is 0 Å². The molecule has 226 valence electrons. The van der Waals surface area contributed by atoms with Crippen molar-refractivity contribution in [2.75, 3.05) is 18.8 Å². The summed E-state index contributed by atoms with van der Waals surface area (Å²) in [6.45, 7) is 8.56. The Morgan fingerprint density at radius 2 is 1.84 bits per heavy atom. The molecule has 11 heteroatoms. The Morgan fingerprint density at radius 3 is 2.45 bits per heavy atom. The average molecular weight is 593 g/mol. The topological polar surface area (TPSA) is 154 Å². The molecule has 2 amide bonds. The molecule has 44 heavy (non-hydrogen) atoms. The molecule has 3 heterocycles. The fourth-order valence-corrected chi connectivity index (χ4v) is 5.02. The second-order valence-electron chi connectivity index (χ2n) is 10.2. The molecule has 4 N–H and O–H groups in total. The number of anilines is 1. The lowest BCUT2D eigenvalue weighted by Crippen LogP contribution is -2.36. The molecule has 2 aromatic carbocycles. The van der Waals surface area contributed by atoms with Gasteiger partial charge in [-0.2, -0.15) is 5.10 Å². The number of aryl methyl sites for hydroxylation is 2. The summed E-state index contributed by atoms with van der Waals surface area (Å²) in [5, 5.41) is 4.39. The number of hydrogen-bond acceptors (Lipinski definition) is 7. The molecular weight excluding hydrogens is 556 g/mol. The van der Waals surface area contributed by atoms with E-state index in [9.17, 15) is 14.4 Å². The third-order valence-corrected chi connectivity index (χ3v) is 7.24.